The second-order valence-corrected chi connectivity index (χ2v) is 7.71. The quantitative estimate of drug-likeness (QED) is 0.371. The largest absolute Gasteiger partial charge is 0.418 e. The number of carbonyl (C=O) groups is 1. The van der Waals surface area contributed by atoms with Crippen molar-refractivity contribution in [1.29, 1.82) is 0 Å². The number of nitrogens with one attached hydrogen (secondary N) is 1. The van der Waals surface area contributed by atoms with Gasteiger partial charge in [-0.25, -0.2) is 4.98 Å². The molecule has 2 aromatic carbocycles. The molecule has 0 aliphatic carbocycles. The van der Waals surface area contributed by atoms with Crippen molar-refractivity contribution >= 4 is 46.0 Å². The Morgan fingerprint density at radius 1 is 1.21 bits per heavy atom. The Morgan fingerprint density at radius 2 is 1.90 bits per heavy atom. The monoisotopic (exact) mass is 449 g/mol. The third-order valence-corrected chi connectivity index (χ3v) is 5.26. The van der Waals surface area contributed by atoms with Gasteiger partial charge in [-0.05, 0) is 37.3 Å². The number of alkyl halides is 5. The lowest BCUT2D eigenvalue weighted by Gasteiger charge is -2.17. The van der Waals surface area contributed by atoms with E-state index in [9.17, 15) is 26.7 Å². The van der Waals surface area contributed by atoms with Crippen LogP contribution in [0.1, 0.15) is 19.0 Å². The summed E-state index contributed by atoms with van der Waals surface area (Å²) in [5.74, 6) is -0.796. The number of carbonyl (C=O) groups excluding carboxylic acids is 1. The number of imidazole rings is 1. The van der Waals surface area contributed by atoms with Crippen molar-refractivity contribution in [2.24, 2.45) is 0 Å². The van der Waals surface area contributed by atoms with Gasteiger partial charge in [0.25, 0.3) is 0 Å². The van der Waals surface area contributed by atoms with Gasteiger partial charge in [-0.15, -0.1) is 0 Å². The summed E-state index contributed by atoms with van der Waals surface area (Å²) in [7, 11) is 0. The average Bonchev–Trinajstić information content (AvgIpc) is 3.00. The first-order valence-corrected chi connectivity index (χ1v) is 9.43. The van der Waals surface area contributed by atoms with E-state index < -0.39 is 35.1 Å². The molecular weight excluding hydrogens is 437 g/mol. The van der Waals surface area contributed by atoms with E-state index in [1.807, 2.05) is 0 Å². The van der Waals surface area contributed by atoms with Gasteiger partial charge in [-0.1, -0.05) is 35.5 Å². The summed E-state index contributed by atoms with van der Waals surface area (Å²) in [4.78, 5) is 16.5. The number of hydrogen-bond donors (Lipinski definition) is 1. The van der Waals surface area contributed by atoms with Crippen LogP contribution in [-0.4, -0.2) is 20.7 Å². The third kappa shape index (κ3) is 4.64. The molecule has 0 bridgehead atoms. The lowest BCUT2D eigenvalue weighted by Crippen LogP contribution is -2.24. The highest BCUT2D eigenvalue weighted by Crippen LogP contribution is 2.37. The van der Waals surface area contributed by atoms with Gasteiger partial charge in [-0.2, -0.15) is 22.0 Å². The Kier molecular flexibility index (Phi) is 6.04. The minimum Gasteiger partial charge on any atom is -0.325 e. The second kappa shape index (κ2) is 8.19. The molecule has 0 saturated heterocycles. The van der Waals surface area contributed by atoms with Crippen LogP contribution in [0.25, 0.3) is 11.0 Å². The van der Waals surface area contributed by atoms with Gasteiger partial charge in [0, 0.05) is 5.02 Å². The number of amides is 1. The standard InChI is InChI=1S/C18H13ClF5N3OS/c1-9(15(28)25-12-7-6-10(19)8-11(12)18(22,23)24)29-17-26-13-4-2-3-5-14(13)27(17)16(20)21/h2-9,16H,1H3,(H,25,28). The minimum absolute atomic E-state index is 0.115. The van der Waals surface area contributed by atoms with E-state index in [0.29, 0.717) is 16.2 Å². The molecular formula is C18H13ClF5N3OS. The van der Waals surface area contributed by atoms with Crippen LogP contribution in [-0.2, 0) is 11.0 Å². The Bertz CT molecular complexity index is 1050. The highest BCUT2D eigenvalue weighted by molar-refractivity contribution is 8.00. The van der Waals surface area contributed by atoms with Gasteiger partial charge in [0.15, 0.2) is 5.16 Å². The van der Waals surface area contributed by atoms with Crippen molar-refractivity contribution < 1.29 is 26.7 Å². The first kappa shape index (κ1) is 21.4. The number of halogens is 6. The summed E-state index contributed by atoms with van der Waals surface area (Å²) in [5.41, 5.74) is -1.06. The van der Waals surface area contributed by atoms with Crippen LogP contribution in [0.2, 0.25) is 5.02 Å². The number of nitrogens with zero attached hydrogens (tertiary/aromatic N) is 2. The van der Waals surface area contributed by atoms with Gasteiger partial charge in [-0.3, -0.25) is 9.36 Å². The summed E-state index contributed by atoms with van der Waals surface area (Å²) in [6.07, 6.45) is -4.73. The summed E-state index contributed by atoms with van der Waals surface area (Å²) in [6, 6.07) is 9.17. The molecule has 1 amide bonds. The van der Waals surface area contributed by atoms with Crippen LogP contribution < -0.4 is 5.32 Å². The van der Waals surface area contributed by atoms with Crippen LogP contribution in [0.5, 0.6) is 0 Å². The normalized spacial score (nSPS) is 13.1. The fourth-order valence-electron chi connectivity index (χ4n) is 2.60. The zero-order valence-corrected chi connectivity index (χ0v) is 16.2. The summed E-state index contributed by atoms with van der Waals surface area (Å²) >= 11 is 6.34. The van der Waals surface area contributed by atoms with Gasteiger partial charge in [0.05, 0.1) is 27.5 Å². The third-order valence-electron chi connectivity index (χ3n) is 3.95. The molecule has 0 fully saturated rings. The molecule has 3 rings (SSSR count). The number of aromatic nitrogens is 2. The van der Waals surface area contributed by atoms with Crippen molar-refractivity contribution in [1.82, 2.24) is 9.55 Å². The van der Waals surface area contributed by atoms with Crippen LogP contribution in [0.3, 0.4) is 0 Å². The molecule has 1 heterocycles. The van der Waals surface area contributed by atoms with Crippen LogP contribution in [0.15, 0.2) is 47.6 Å². The fraction of sp³-hybridized carbons (Fsp3) is 0.222. The molecule has 0 radical (unpaired) electrons. The highest BCUT2D eigenvalue weighted by Gasteiger charge is 2.34. The molecule has 1 atom stereocenters. The predicted octanol–water partition coefficient (Wildman–Crippen LogP) is 6.22. The molecule has 4 nitrogen and oxygen atoms in total. The smallest absolute Gasteiger partial charge is 0.325 e. The SMILES string of the molecule is CC(Sc1nc2ccccc2n1C(F)F)C(=O)Nc1ccc(Cl)cc1C(F)(F)F. The molecule has 0 saturated carbocycles. The Hall–Kier alpha value is -2.33. The van der Waals surface area contributed by atoms with Crippen molar-refractivity contribution in [3.05, 3.63) is 53.1 Å². The number of hydrogen-bond acceptors (Lipinski definition) is 3. The zero-order valence-electron chi connectivity index (χ0n) is 14.7. The molecule has 0 spiro atoms. The van der Waals surface area contributed by atoms with Crippen molar-refractivity contribution in [3.8, 4) is 0 Å². The van der Waals surface area contributed by atoms with E-state index in [0.717, 1.165) is 17.8 Å². The Morgan fingerprint density at radius 3 is 2.55 bits per heavy atom. The zero-order chi connectivity index (χ0) is 21.3. The van der Waals surface area contributed by atoms with Gasteiger partial charge in [0.1, 0.15) is 0 Å². The molecule has 29 heavy (non-hydrogen) atoms. The lowest BCUT2D eigenvalue weighted by molar-refractivity contribution is -0.137. The van der Waals surface area contributed by atoms with Crippen molar-refractivity contribution in [3.63, 3.8) is 0 Å². The first-order valence-electron chi connectivity index (χ1n) is 8.17. The number of rotatable bonds is 5. The number of benzene rings is 2. The fourth-order valence-corrected chi connectivity index (χ4v) is 3.70. The van der Waals surface area contributed by atoms with Crippen molar-refractivity contribution in [2.45, 2.75) is 30.1 Å². The maximum absolute atomic E-state index is 13.5. The van der Waals surface area contributed by atoms with E-state index in [1.165, 1.54) is 19.1 Å². The van der Waals surface area contributed by atoms with E-state index >= 15 is 0 Å². The van der Waals surface area contributed by atoms with E-state index in [1.54, 1.807) is 18.2 Å². The average molecular weight is 450 g/mol. The summed E-state index contributed by atoms with van der Waals surface area (Å²) in [5, 5.41) is 0.934. The number of anilines is 1. The first-order chi connectivity index (χ1) is 13.6. The number of fused-ring (bicyclic) bond motifs is 1. The molecule has 3 aromatic rings. The van der Waals surface area contributed by atoms with Crippen LogP contribution in [0, 0.1) is 0 Å². The minimum atomic E-state index is -4.73. The second-order valence-electron chi connectivity index (χ2n) is 5.97. The summed E-state index contributed by atoms with van der Waals surface area (Å²) < 4.78 is 67.2. The van der Waals surface area contributed by atoms with Gasteiger partial charge >= 0.3 is 12.7 Å². The van der Waals surface area contributed by atoms with Gasteiger partial charge < -0.3 is 5.32 Å². The molecule has 1 unspecified atom stereocenters. The maximum atomic E-state index is 13.5. The number of thioether (sulfide) groups is 1. The van der Waals surface area contributed by atoms with E-state index in [-0.39, 0.29) is 15.7 Å². The van der Waals surface area contributed by atoms with E-state index in [2.05, 4.69) is 10.3 Å². The van der Waals surface area contributed by atoms with Crippen molar-refractivity contribution in [2.75, 3.05) is 5.32 Å². The Balaban J connectivity index is 1.84. The highest BCUT2D eigenvalue weighted by atomic mass is 35.5. The maximum Gasteiger partial charge on any atom is 0.418 e. The van der Waals surface area contributed by atoms with E-state index in [4.69, 9.17) is 11.6 Å². The molecule has 11 heteroatoms. The van der Waals surface area contributed by atoms with Crippen LogP contribution in [0.4, 0.5) is 27.6 Å². The predicted molar refractivity (Wildman–Crippen MR) is 101 cm³/mol. The number of para-hydroxylation sites is 2. The van der Waals surface area contributed by atoms with Gasteiger partial charge in [0.2, 0.25) is 5.91 Å². The Labute approximate surface area is 171 Å². The lowest BCUT2D eigenvalue weighted by atomic mass is 10.1. The molecule has 0 aliphatic heterocycles. The van der Waals surface area contributed by atoms with Crippen LogP contribution >= 0.6 is 23.4 Å². The molecule has 0 aliphatic rings. The molecule has 1 N–H and O–H groups in total. The topological polar surface area (TPSA) is 46.9 Å². The molecule has 154 valence electrons. The summed E-state index contributed by atoms with van der Waals surface area (Å²) in [6.45, 7) is -1.51. The molecule has 1 aromatic heterocycles.